The Morgan fingerprint density at radius 3 is 2.67 bits per heavy atom. The Bertz CT molecular complexity index is 399. The largest absolute Gasteiger partial charge is 0.494 e. The third-order valence-corrected chi connectivity index (χ3v) is 3.85. The zero-order valence-corrected chi connectivity index (χ0v) is 11.6. The molecule has 3 N–H and O–H groups in total. The lowest BCUT2D eigenvalue weighted by Crippen LogP contribution is -2.42. The molecule has 0 aliphatic heterocycles. The Labute approximate surface area is 110 Å². The summed E-state index contributed by atoms with van der Waals surface area (Å²) in [4.78, 5) is 0. The van der Waals surface area contributed by atoms with Gasteiger partial charge in [0.2, 0.25) is 0 Å². The Morgan fingerprint density at radius 2 is 2.17 bits per heavy atom. The highest BCUT2D eigenvalue weighted by molar-refractivity contribution is 5.37. The summed E-state index contributed by atoms with van der Waals surface area (Å²) in [7, 11) is 2.03. The monoisotopic (exact) mass is 248 g/mol. The third kappa shape index (κ3) is 2.68. The summed E-state index contributed by atoms with van der Waals surface area (Å²) in [5, 5.41) is 3.42. The van der Waals surface area contributed by atoms with Crippen LogP contribution in [0, 0.1) is 12.8 Å². The first-order chi connectivity index (χ1) is 8.65. The van der Waals surface area contributed by atoms with E-state index >= 15 is 0 Å². The highest BCUT2D eigenvalue weighted by atomic mass is 16.5. The first kappa shape index (κ1) is 13.4. The Hall–Kier alpha value is -1.06. The highest BCUT2D eigenvalue weighted by Gasteiger charge is 2.33. The lowest BCUT2D eigenvalue weighted by atomic mass is 9.74. The molecule has 0 heterocycles. The number of nitrogens with two attached hydrogens (primary N) is 1. The van der Waals surface area contributed by atoms with Gasteiger partial charge in [0.25, 0.3) is 0 Å². The number of rotatable bonds is 5. The van der Waals surface area contributed by atoms with Crippen LogP contribution in [0.1, 0.15) is 36.9 Å². The minimum absolute atomic E-state index is 0.398. The van der Waals surface area contributed by atoms with E-state index in [-0.39, 0.29) is 0 Å². The van der Waals surface area contributed by atoms with Gasteiger partial charge in [-0.15, -0.1) is 0 Å². The Balaban J connectivity index is 2.13. The minimum atomic E-state index is 0.398. The van der Waals surface area contributed by atoms with Gasteiger partial charge in [-0.25, -0.2) is 0 Å². The van der Waals surface area contributed by atoms with Crippen LogP contribution >= 0.6 is 0 Å². The zero-order chi connectivity index (χ0) is 13.1. The maximum atomic E-state index is 5.89. The van der Waals surface area contributed by atoms with Gasteiger partial charge in [0.15, 0.2) is 0 Å². The standard InChI is InChI=1S/C15H24N2O/c1-4-18-14-6-5-11(7-10(14)2)15(17-3)12-8-13(16)9-12/h5-7,12-13,15,17H,4,8-9,16H2,1-3H3. The second-order valence-electron chi connectivity index (χ2n) is 5.22. The van der Waals surface area contributed by atoms with Crippen molar-refractivity contribution in [2.45, 2.75) is 38.8 Å². The van der Waals surface area contributed by atoms with Crippen molar-refractivity contribution in [2.24, 2.45) is 11.7 Å². The molecule has 0 spiro atoms. The smallest absolute Gasteiger partial charge is 0.122 e. The molecule has 1 atom stereocenters. The van der Waals surface area contributed by atoms with Gasteiger partial charge in [-0.05, 0) is 56.8 Å². The van der Waals surface area contributed by atoms with E-state index in [4.69, 9.17) is 10.5 Å². The van der Waals surface area contributed by atoms with Crippen molar-refractivity contribution in [3.05, 3.63) is 29.3 Å². The van der Waals surface area contributed by atoms with Crippen LogP contribution in [0.2, 0.25) is 0 Å². The van der Waals surface area contributed by atoms with E-state index in [1.165, 1.54) is 11.1 Å². The van der Waals surface area contributed by atoms with Crippen LogP contribution in [0.4, 0.5) is 0 Å². The molecular weight excluding hydrogens is 224 g/mol. The molecule has 3 heteroatoms. The number of hydrogen-bond donors (Lipinski definition) is 2. The summed E-state index contributed by atoms with van der Waals surface area (Å²) < 4.78 is 5.58. The summed E-state index contributed by atoms with van der Waals surface area (Å²) in [5.74, 6) is 1.66. The van der Waals surface area contributed by atoms with E-state index in [9.17, 15) is 0 Å². The third-order valence-electron chi connectivity index (χ3n) is 3.85. The molecule has 1 aliphatic carbocycles. The molecule has 1 aromatic carbocycles. The summed E-state index contributed by atoms with van der Waals surface area (Å²) in [5.41, 5.74) is 8.43. The quantitative estimate of drug-likeness (QED) is 0.841. The number of hydrogen-bond acceptors (Lipinski definition) is 3. The van der Waals surface area contributed by atoms with E-state index in [1.54, 1.807) is 0 Å². The van der Waals surface area contributed by atoms with Gasteiger partial charge in [0, 0.05) is 12.1 Å². The van der Waals surface area contributed by atoms with E-state index in [2.05, 4.69) is 30.4 Å². The maximum Gasteiger partial charge on any atom is 0.122 e. The van der Waals surface area contributed by atoms with Crippen molar-refractivity contribution in [1.82, 2.24) is 5.32 Å². The number of nitrogens with one attached hydrogen (secondary N) is 1. The highest BCUT2D eigenvalue weighted by Crippen LogP contribution is 2.37. The fourth-order valence-corrected chi connectivity index (χ4v) is 2.84. The molecule has 1 aromatic rings. The van der Waals surface area contributed by atoms with Gasteiger partial charge in [-0.2, -0.15) is 0 Å². The zero-order valence-electron chi connectivity index (χ0n) is 11.6. The molecule has 1 aliphatic rings. The van der Waals surface area contributed by atoms with Crippen LogP contribution in [0.3, 0.4) is 0 Å². The molecule has 2 rings (SSSR count). The average molecular weight is 248 g/mol. The van der Waals surface area contributed by atoms with Gasteiger partial charge in [0.1, 0.15) is 5.75 Å². The average Bonchev–Trinajstić information content (AvgIpc) is 2.31. The maximum absolute atomic E-state index is 5.89. The molecule has 0 saturated heterocycles. The van der Waals surface area contributed by atoms with E-state index in [0.29, 0.717) is 24.6 Å². The molecule has 3 nitrogen and oxygen atoms in total. The van der Waals surface area contributed by atoms with Crippen molar-refractivity contribution in [1.29, 1.82) is 0 Å². The molecule has 1 unspecified atom stereocenters. The Morgan fingerprint density at radius 1 is 1.44 bits per heavy atom. The molecule has 0 aromatic heterocycles. The number of ether oxygens (including phenoxy) is 1. The predicted molar refractivity (Wildman–Crippen MR) is 74.8 cm³/mol. The van der Waals surface area contributed by atoms with Gasteiger partial charge >= 0.3 is 0 Å². The lowest BCUT2D eigenvalue weighted by Gasteiger charge is -2.38. The molecule has 100 valence electrons. The van der Waals surface area contributed by atoms with Crippen LogP contribution in [-0.4, -0.2) is 19.7 Å². The van der Waals surface area contributed by atoms with Crippen LogP contribution in [0.15, 0.2) is 18.2 Å². The first-order valence-corrected chi connectivity index (χ1v) is 6.81. The number of aryl methyl sites for hydroxylation is 1. The van der Waals surface area contributed by atoms with Crippen molar-refractivity contribution in [3.8, 4) is 5.75 Å². The Kier molecular flexibility index (Phi) is 4.25. The predicted octanol–water partition coefficient (Wildman–Crippen LogP) is 2.39. The molecular formula is C15H24N2O. The van der Waals surface area contributed by atoms with Crippen LogP contribution < -0.4 is 15.8 Å². The molecule has 18 heavy (non-hydrogen) atoms. The fourth-order valence-electron chi connectivity index (χ4n) is 2.84. The van der Waals surface area contributed by atoms with Crippen molar-refractivity contribution >= 4 is 0 Å². The van der Waals surface area contributed by atoms with Crippen LogP contribution in [0.5, 0.6) is 5.75 Å². The van der Waals surface area contributed by atoms with Gasteiger partial charge < -0.3 is 15.8 Å². The molecule has 1 fully saturated rings. The normalized spacial score (nSPS) is 24.4. The molecule has 0 amide bonds. The van der Waals surface area contributed by atoms with Gasteiger partial charge in [-0.3, -0.25) is 0 Å². The molecule has 0 radical (unpaired) electrons. The lowest BCUT2D eigenvalue weighted by molar-refractivity contribution is 0.204. The summed E-state index contributed by atoms with van der Waals surface area (Å²) in [6, 6.07) is 7.30. The van der Waals surface area contributed by atoms with Gasteiger partial charge in [-0.1, -0.05) is 12.1 Å². The topological polar surface area (TPSA) is 47.3 Å². The molecule has 1 saturated carbocycles. The second-order valence-corrected chi connectivity index (χ2v) is 5.22. The van der Waals surface area contributed by atoms with Gasteiger partial charge in [0.05, 0.1) is 6.61 Å². The first-order valence-electron chi connectivity index (χ1n) is 6.81. The van der Waals surface area contributed by atoms with E-state index in [0.717, 1.165) is 18.6 Å². The number of benzene rings is 1. The summed E-state index contributed by atoms with van der Waals surface area (Å²) >= 11 is 0. The van der Waals surface area contributed by atoms with E-state index in [1.807, 2.05) is 14.0 Å². The summed E-state index contributed by atoms with van der Waals surface area (Å²) in [6.07, 6.45) is 2.25. The molecule has 0 bridgehead atoms. The fraction of sp³-hybridized carbons (Fsp3) is 0.600. The van der Waals surface area contributed by atoms with Crippen molar-refractivity contribution < 1.29 is 4.74 Å². The van der Waals surface area contributed by atoms with Crippen LogP contribution in [-0.2, 0) is 0 Å². The van der Waals surface area contributed by atoms with Crippen molar-refractivity contribution in [3.63, 3.8) is 0 Å². The van der Waals surface area contributed by atoms with E-state index < -0.39 is 0 Å². The minimum Gasteiger partial charge on any atom is -0.494 e. The second kappa shape index (κ2) is 5.72. The van der Waals surface area contributed by atoms with Crippen LogP contribution in [0.25, 0.3) is 0 Å². The van der Waals surface area contributed by atoms with Crippen molar-refractivity contribution in [2.75, 3.05) is 13.7 Å². The SMILES string of the molecule is CCOc1ccc(C(NC)C2CC(N)C2)cc1C. The summed E-state index contributed by atoms with van der Waals surface area (Å²) in [6.45, 7) is 4.83.